The number of ether oxygens (including phenoxy) is 1. The maximum atomic E-state index is 12.3. The summed E-state index contributed by atoms with van der Waals surface area (Å²) in [6, 6.07) is 8.19. The molecule has 5 nitrogen and oxygen atoms in total. The van der Waals surface area contributed by atoms with Crippen molar-refractivity contribution in [2.24, 2.45) is 0 Å². The predicted octanol–water partition coefficient (Wildman–Crippen LogP) is 3.42. The Morgan fingerprint density at radius 3 is 2.52 bits per heavy atom. The third-order valence-corrected chi connectivity index (χ3v) is 5.11. The molecule has 0 bridgehead atoms. The largest absolute Gasteiger partial charge is 0.497 e. The number of anilines is 1. The SMILES string of the molecule is COc1ccc(N2CCN(C(=O)NCCC3=CCCCC3)CC2)cc1. The van der Waals surface area contributed by atoms with E-state index in [4.69, 9.17) is 4.74 Å². The molecule has 0 atom stereocenters. The molecular formula is C20H29N3O2. The summed E-state index contributed by atoms with van der Waals surface area (Å²) in [7, 11) is 1.68. The first-order chi connectivity index (χ1) is 12.3. The molecule has 1 saturated heterocycles. The zero-order chi connectivity index (χ0) is 17.5. The summed E-state index contributed by atoms with van der Waals surface area (Å²) in [5, 5.41) is 3.08. The molecule has 0 aromatic heterocycles. The van der Waals surface area contributed by atoms with E-state index in [0.717, 1.165) is 44.9 Å². The number of carbonyl (C=O) groups is 1. The average molecular weight is 343 g/mol. The highest BCUT2D eigenvalue weighted by Crippen LogP contribution is 2.21. The molecule has 1 fully saturated rings. The van der Waals surface area contributed by atoms with Crippen molar-refractivity contribution in [2.75, 3.05) is 44.7 Å². The predicted molar refractivity (Wildman–Crippen MR) is 101 cm³/mol. The van der Waals surface area contributed by atoms with E-state index in [1.165, 1.54) is 36.9 Å². The number of piperazine rings is 1. The number of nitrogens with zero attached hydrogens (tertiary/aromatic N) is 2. The zero-order valence-electron chi connectivity index (χ0n) is 15.2. The summed E-state index contributed by atoms with van der Waals surface area (Å²) < 4.78 is 5.20. The normalized spacial score (nSPS) is 17.9. The van der Waals surface area contributed by atoms with Crippen LogP contribution in [0.2, 0.25) is 0 Å². The fraction of sp³-hybridized carbons (Fsp3) is 0.550. The van der Waals surface area contributed by atoms with Gasteiger partial charge in [0.2, 0.25) is 0 Å². The van der Waals surface area contributed by atoms with E-state index in [9.17, 15) is 4.79 Å². The van der Waals surface area contributed by atoms with E-state index in [-0.39, 0.29) is 6.03 Å². The monoisotopic (exact) mass is 343 g/mol. The lowest BCUT2D eigenvalue weighted by Gasteiger charge is -2.36. The van der Waals surface area contributed by atoms with Crippen LogP contribution in [0.25, 0.3) is 0 Å². The molecule has 0 unspecified atom stereocenters. The highest BCUT2D eigenvalue weighted by molar-refractivity contribution is 5.74. The fourth-order valence-electron chi connectivity index (χ4n) is 3.53. The minimum Gasteiger partial charge on any atom is -0.497 e. The average Bonchev–Trinajstić information content (AvgIpc) is 2.69. The molecule has 1 heterocycles. The number of carbonyl (C=O) groups excluding carboxylic acids is 1. The molecule has 5 heteroatoms. The standard InChI is InChI=1S/C20H29N3O2/c1-25-19-9-7-18(8-10-19)22-13-15-23(16-14-22)20(24)21-12-11-17-5-3-2-4-6-17/h5,7-10H,2-4,6,11-16H2,1H3,(H,21,24). The number of allylic oxidation sites excluding steroid dienone is 1. The molecule has 1 aromatic rings. The van der Waals surface area contributed by atoms with Gasteiger partial charge in [-0.05, 0) is 56.4 Å². The van der Waals surface area contributed by atoms with Crippen molar-refractivity contribution in [2.45, 2.75) is 32.1 Å². The maximum absolute atomic E-state index is 12.3. The van der Waals surface area contributed by atoms with Crippen LogP contribution in [0.15, 0.2) is 35.9 Å². The van der Waals surface area contributed by atoms with Crippen LogP contribution in [-0.4, -0.2) is 50.8 Å². The van der Waals surface area contributed by atoms with Gasteiger partial charge in [0.1, 0.15) is 5.75 Å². The van der Waals surface area contributed by atoms with Crippen molar-refractivity contribution in [3.05, 3.63) is 35.9 Å². The molecule has 1 aliphatic heterocycles. The highest BCUT2D eigenvalue weighted by Gasteiger charge is 2.21. The summed E-state index contributed by atoms with van der Waals surface area (Å²) in [4.78, 5) is 16.6. The van der Waals surface area contributed by atoms with E-state index < -0.39 is 0 Å². The summed E-state index contributed by atoms with van der Waals surface area (Å²) in [6.45, 7) is 4.01. The molecule has 0 radical (unpaired) electrons. The van der Waals surface area contributed by atoms with E-state index in [0.29, 0.717) is 0 Å². The Hall–Kier alpha value is -2.17. The van der Waals surface area contributed by atoms with Gasteiger partial charge in [-0.15, -0.1) is 0 Å². The molecular weight excluding hydrogens is 314 g/mol. The molecule has 1 aromatic carbocycles. The van der Waals surface area contributed by atoms with Crippen LogP contribution in [0.4, 0.5) is 10.5 Å². The molecule has 0 saturated carbocycles. The molecule has 2 aliphatic rings. The molecule has 2 amide bonds. The lowest BCUT2D eigenvalue weighted by Crippen LogP contribution is -2.52. The van der Waals surface area contributed by atoms with Crippen LogP contribution < -0.4 is 15.0 Å². The minimum atomic E-state index is 0.0748. The first-order valence-electron chi connectivity index (χ1n) is 9.36. The molecule has 25 heavy (non-hydrogen) atoms. The second-order valence-electron chi connectivity index (χ2n) is 6.76. The van der Waals surface area contributed by atoms with Gasteiger partial charge in [0.25, 0.3) is 0 Å². The zero-order valence-corrected chi connectivity index (χ0v) is 15.2. The van der Waals surface area contributed by atoms with Crippen molar-refractivity contribution < 1.29 is 9.53 Å². The van der Waals surface area contributed by atoms with Gasteiger partial charge >= 0.3 is 6.03 Å². The van der Waals surface area contributed by atoms with Crippen LogP contribution >= 0.6 is 0 Å². The summed E-state index contributed by atoms with van der Waals surface area (Å²) >= 11 is 0. The van der Waals surface area contributed by atoms with Gasteiger partial charge in [0.05, 0.1) is 7.11 Å². The van der Waals surface area contributed by atoms with E-state index in [1.54, 1.807) is 7.11 Å². The van der Waals surface area contributed by atoms with E-state index in [2.05, 4.69) is 28.4 Å². The van der Waals surface area contributed by atoms with Gasteiger partial charge in [-0.3, -0.25) is 0 Å². The first-order valence-corrected chi connectivity index (χ1v) is 9.36. The van der Waals surface area contributed by atoms with Crippen LogP contribution in [0.3, 0.4) is 0 Å². The Kier molecular flexibility index (Phi) is 6.20. The highest BCUT2D eigenvalue weighted by atomic mass is 16.5. The lowest BCUT2D eigenvalue weighted by atomic mass is 9.97. The Labute approximate surface area is 150 Å². The second kappa shape index (κ2) is 8.79. The van der Waals surface area contributed by atoms with Gasteiger partial charge in [-0.25, -0.2) is 4.79 Å². The van der Waals surface area contributed by atoms with Crippen molar-refractivity contribution in [3.63, 3.8) is 0 Å². The van der Waals surface area contributed by atoms with Gasteiger partial charge < -0.3 is 19.9 Å². The van der Waals surface area contributed by atoms with Crippen molar-refractivity contribution in [1.29, 1.82) is 0 Å². The number of methoxy groups -OCH3 is 1. The Bertz CT molecular complexity index is 589. The minimum absolute atomic E-state index is 0.0748. The fourth-order valence-corrected chi connectivity index (χ4v) is 3.53. The molecule has 1 aliphatic carbocycles. The quantitative estimate of drug-likeness (QED) is 0.833. The number of hydrogen-bond acceptors (Lipinski definition) is 3. The van der Waals surface area contributed by atoms with E-state index in [1.807, 2.05) is 17.0 Å². The summed E-state index contributed by atoms with van der Waals surface area (Å²) in [6.07, 6.45) is 8.37. The third-order valence-electron chi connectivity index (χ3n) is 5.11. The lowest BCUT2D eigenvalue weighted by molar-refractivity contribution is 0.194. The van der Waals surface area contributed by atoms with E-state index >= 15 is 0 Å². The van der Waals surface area contributed by atoms with Crippen LogP contribution in [0.5, 0.6) is 5.75 Å². The molecule has 0 spiro atoms. The van der Waals surface area contributed by atoms with Crippen LogP contribution in [-0.2, 0) is 0 Å². The molecule has 1 N–H and O–H groups in total. The molecule has 3 rings (SSSR count). The number of amides is 2. The Balaban J connectivity index is 1.40. The number of urea groups is 1. The number of benzene rings is 1. The second-order valence-corrected chi connectivity index (χ2v) is 6.76. The van der Waals surface area contributed by atoms with Crippen LogP contribution in [0.1, 0.15) is 32.1 Å². The van der Waals surface area contributed by atoms with Crippen molar-refractivity contribution >= 4 is 11.7 Å². The summed E-state index contributed by atoms with van der Waals surface area (Å²) in [5.41, 5.74) is 2.70. The van der Waals surface area contributed by atoms with Crippen molar-refractivity contribution in [3.8, 4) is 5.75 Å². The smallest absolute Gasteiger partial charge is 0.317 e. The first kappa shape index (κ1) is 17.6. The van der Waals surface area contributed by atoms with Gasteiger partial charge in [-0.2, -0.15) is 0 Å². The maximum Gasteiger partial charge on any atom is 0.317 e. The third kappa shape index (κ3) is 4.91. The summed E-state index contributed by atoms with van der Waals surface area (Å²) in [5.74, 6) is 0.870. The van der Waals surface area contributed by atoms with Gasteiger partial charge in [0.15, 0.2) is 0 Å². The van der Waals surface area contributed by atoms with Gasteiger partial charge in [0, 0.05) is 38.4 Å². The topological polar surface area (TPSA) is 44.8 Å². The Morgan fingerprint density at radius 2 is 1.88 bits per heavy atom. The Morgan fingerprint density at radius 1 is 1.12 bits per heavy atom. The number of hydrogen-bond donors (Lipinski definition) is 1. The number of nitrogens with one attached hydrogen (secondary N) is 1. The van der Waals surface area contributed by atoms with Crippen molar-refractivity contribution in [1.82, 2.24) is 10.2 Å². The van der Waals surface area contributed by atoms with Gasteiger partial charge in [-0.1, -0.05) is 11.6 Å². The van der Waals surface area contributed by atoms with Crippen LogP contribution in [0, 0.1) is 0 Å². The number of rotatable bonds is 5. The molecule has 136 valence electrons.